The van der Waals surface area contributed by atoms with Crippen molar-refractivity contribution in [1.82, 2.24) is 0 Å². The standard InChI is InChI=1S/C18H27Si.3C4H9.Sn/c1-16(2)10-9-13-18(19(3,4)5)15-14-17-11-7-6-8-12-17;3*1-3-4-2;/h6-8,11-14,16H,9-10H2,1-5H3;3*1,3-4H2,2H3;/b15-14?,18-13-;;;;. The van der Waals surface area contributed by atoms with E-state index in [1.54, 1.807) is 13.3 Å². The molecule has 0 bridgehead atoms. The fourth-order valence-corrected chi connectivity index (χ4v) is 28.1. The number of benzene rings is 1. The van der Waals surface area contributed by atoms with Gasteiger partial charge in [0.2, 0.25) is 0 Å². The summed E-state index contributed by atoms with van der Waals surface area (Å²) in [5.74, 6) is 0.782. The van der Waals surface area contributed by atoms with Crippen molar-refractivity contribution in [1.29, 1.82) is 0 Å². The molecule has 2 heteroatoms. The molecule has 1 aromatic rings. The number of rotatable bonds is 16. The van der Waals surface area contributed by atoms with Gasteiger partial charge < -0.3 is 0 Å². The van der Waals surface area contributed by atoms with E-state index in [2.05, 4.69) is 96.7 Å². The van der Waals surface area contributed by atoms with Crippen LogP contribution in [-0.2, 0) is 0 Å². The van der Waals surface area contributed by atoms with Crippen molar-refractivity contribution >= 4 is 32.5 Å². The van der Waals surface area contributed by atoms with Gasteiger partial charge in [0.25, 0.3) is 0 Å². The Balaban J connectivity index is 3.74. The molecule has 32 heavy (non-hydrogen) atoms. The molecule has 0 heterocycles. The molecule has 0 aliphatic rings. The Morgan fingerprint density at radius 2 is 1.34 bits per heavy atom. The van der Waals surface area contributed by atoms with E-state index >= 15 is 0 Å². The molecule has 0 saturated heterocycles. The van der Waals surface area contributed by atoms with Gasteiger partial charge in [0.05, 0.1) is 0 Å². The van der Waals surface area contributed by atoms with E-state index in [1.807, 2.05) is 8.79 Å². The first-order valence-electron chi connectivity index (χ1n) is 13.7. The van der Waals surface area contributed by atoms with Crippen LogP contribution in [0.4, 0.5) is 0 Å². The summed E-state index contributed by atoms with van der Waals surface area (Å²) in [5.41, 5.74) is 1.43. The van der Waals surface area contributed by atoms with E-state index in [9.17, 15) is 0 Å². The van der Waals surface area contributed by atoms with Crippen molar-refractivity contribution in [2.24, 2.45) is 5.92 Å². The number of allylic oxidation sites excluding steroid dienone is 3. The molecule has 1 aromatic carbocycles. The van der Waals surface area contributed by atoms with Gasteiger partial charge in [-0.2, -0.15) is 0 Å². The third kappa shape index (κ3) is 10.3. The molecular weight excluding hydrogens is 507 g/mol. The minimum atomic E-state index is -2.57. The maximum absolute atomic E-state index is 2.73. The summed E-state index contributed by atoms with van der Waals surface area (Å²) in [6.07, 6.45) is 16.3. The first-order chi connectivity index (χ1) is 15.2. The van der Waals surface area contributed by atoms with Crippen LogP contribution in [0.1, 0.15) is 91.5 Å². The summed E-state index contributed by atoms with van der Waals surface area (Å²) in [4.78, 5) is 0. The van der Waals surface area contributed by atoms with Crippen molar-refractivity contribution in [3.63, 3.8) is 0 Å². The van der Waals surface area contributed by atoms with Gasteiger partial charge in [-0.25, -0.2) is 0 Å². The fraction of sp³-hybridized carbons (Fsp3) is 0.667. The average molecular weight is 562 g/mol. The molecule has 182 valence electrons. The molecule has 0 N–H and O–H groups in total. The summed E-state index contributed by atoms with van der Waals surface area (Å²) in [6.45, 7) is 19.7. The Labute approximate surface area is 207 Å². The number of unbranched alkanes of at least 4 members (excludes halogenated alkanes) is 3. The molecule has 0 unspecified atom stereocenters. The molecule has 0 atom stereocenters. The zero-order valence-corrected chi connectivity index (χ0v) is 26.8. The normalized spacial score (nSPS) is 13.8. The van der Waals surface area contributed by atoms with Crippen molar-refractivity contribution in [3.05, 3.63) is 50.8 Å². The Morgan fingerprint density at radius 1 is 0.844 bits per heavy atom. The van der Waals surface area contributed by atoms with Gasteiger partial charge in [-0.3, -0.25) is 0 Å². The summed E-state index contributed by atoms with van der Waals surface area (Å²) in [7, 11) is -1.46. The Bertz CT molecular complexity index is 657. The van der Waals surface area contributed by atoms with Crippen molar-refractivity contribution < 1.29 is 0 Å². The molecule has 0 aliphatic carbocycles. The predicted molar refractivity (Wildman–Crippen MR) is 155 cm³/mol. The predicted octanol–water partition coefficient (Wildman–Crippen LogP) is 10.7. The van der Waals surface area contributed by atoms with Crippen LogP contribution < -0.4 is 0 Å². The summed E-state index contributed by atoms with van der Waals surface area (Å²) >= 11 is -2.57. The van der Waals surface area contributed by atoms with Crippen LogP contribution in [0.3, 0.4) is 0 Å². The van der Waals surface area contributed by atoms with Crippen molar-refractivity contribution in [2.75, 3.05) is 0 Å². The Kier molecular flexibility index (Phi) is 14.5. The SMILES string of the molecule is CCC[CH2][Sn]([CH2]CCC)([CH2]CCC)[C](=C\c1ccccc1)/C(=C/CCC(C)C)[Si](C)(C)C. The van der Waals surface area contributed by atoms with Gasteiger partial charge in [0.1, 0.15) is 0 Å². The van der Waals surface area contributed by atoms with E-state index in [0.29, 0.717) is 0 Å². The van der Waals surface area contributed by atoms with Crippen LogP contribution >= 0.6 is 0 Å². The molecule has 0 amide bonds. The summed E-state index contributed by atoms with van der Waals surface area (Å²) < 4.78 is 6.57. The number of hydrogen-bond donors (Lipinski definition) is 0. The van der Waals surface area contributed by atoms with Gasteiger partial charge in [-0.15, -0.1) is 0 Å². The average Bonchev–Trinajstić information content (AvgIpc) is 2.75. The van der Waals surface area contributed by atoms with E-state index in [-0.39, 0.29) is 0 Å². The maximum atomic E-state index is 2.73. The zero-order chi connectivity index (χ0) is 24.0. The van der Waals surface area contributed by atoms with Crippen LogP contribution in [-0.4, -0.2) is 26.5 Å². The van der Waals surface area contributed by atoms with Crippen LogP contribution in [0.2, 0.25) is 33.0 Å². The summed E-state index contributed by atoms with van der Waals surface area (Å²) in [6, 6.07) is 11.3. The number of hydrogen-bond acceptors (Lipinski definition) is 0. The quantitative estimate of drug-likeness (QED) is 0.139. The molecule has 0 fully saturated rings. The van der Waals surface area contributed by atoms with Crippen molar-refractivity contribution in [3.8, 4) is 0 Å². The van der Waals surface area contributed by atoms with Crippen LogP contribution in [0.15, 0.2) is 45.2 Å². The molecule has 1 rings (SSSR count). The molecule has 0 saturated carbocycles. The van der Waals surface area contributed by atoms with E-state index in [1.165, 1.54) is 56.9 Å². The van der Waals surface area contributed by atoms with Gasteiger partial charge >= 0.3 is 208 Å². The molecule has 0 nitrogen and oxygen atoms in total. The fourth-order valence-electron chi connectivity index (χ4n) is 4.94. The second kappa shape index (κ2) is 15.6. The van der Waals surface area contributed by atoms with Crippen LogP contribution in [0.25, 0.3) is 6.08 Å². The van der Waals surface area contributed by atoms with Crippen LogP contribution in [0, 0.1) is 5.92 Å². The third-order valence-corrected chi connectivity index (χ3v) is 25.4. The first kappa shape index (κ1) is 29.7. The van der Waals surface area contributed by atoms with Gasteiger partial charge in [0.15, 0.2) is 0 Å². The Hall–Kier alpha value is -0.284. The monoisotopic (exact) mass is 562 g/mol. The molecule has 0 spiro atoms. The van der Waals surface area contributed by atoms with E-state index in [4.69, 9.17) is 0 Å². The second-order valence-electron chi connectivity index (χ2n) is 11.4. The molecule has 0 radical (unpaired) electrons. The van der Waals surface area contributed by atoms with Gasteiger partial charge in [0, 0.05) is 0 Å². The molecule has 0 aromatic heterocycles. The summed E-state index contributed by atoms with van der Waals surface area (Å²) in [5, 5.41) is 1.83. The zero-order valence-electron chi connectivity index (χ0n) is 22.9. The van der Waals surface area contributed by atoms with Crippen molar-refractivity contribution in [2.45, 2.75) is 119 Å². The van der Waals surface area contributed by atoms with Gasteiger partial charge in [-0.05, 0) is 0 Å². The van der Waals surface area contributed by atoms with E-state index < -0.39 is 26.5 Å². The molecular formula is C30H54SiSn. The van der Waals surface area contributed by atoms with Crippen LogP contribution in [0.5, 0.6) is 0 Å². The molecule has 0 aliphatic heterocycles. The van der Waals surface area contributed by atoms with E-state index in [0.717, 1.165) is 5.92 Å². The second-order valence-corrected chi connectivity index (χ2v) is 29.6. The van der Waals surface area contributed by atoms with Gasteiger partial charge in [-0.1, -0.05) is 0 Å². The Morgan fingerprint density at radius 3 is 1.75 bits per heavy atom. The topological polar surface area (TPSA) is 0 Å². The first-order valence-corrected chi connectivity index (χ1v) is 24.7. The minimum absolute atomic E-state index is 0.782. The third-order valence-electron chi connectivity index (χ3n) is 6.90.